The molecule has 6 heteroatoms. The molecule has 0 aromatic heterocycles. The molecular formula is C22H19ClN2O3. The number of benzene rings is 3. The Morgan fingerprint density at radius 3 is 2.18 bits per heavy atom. The van der Waals surface area contributed by atoms with Crippen LogP contribution in [0.2, 0.25) is 5.02 Å². The molecule has 0 spiro atoms. The van der Waals surface area contributed by atoms with E-state index in [1.165, 1.54) is 0 Å². The first kappa shape index (κ1) is 19.5. The lowest BCUT2D eigenvalue weighted by atomic mass is 9.99. The van der Waals surface area contributed by atoms with E-state index in [-0.39, 0.29) is 29.9 Å². The van der Waals surface area contributed by atoms with Gasteiger partial charge in [-0.2, -0.15) is 0 Å². The maximum absolute atomic E-state index is 12.5. The number of ether oxygens (including phenoxy) is 1. The van der Waals surface area contributed by atoms with Gasteiger partial charge in [-0.05, 0) is 35.4 Å². The van der Waals surface area contributed by atoms with Crippen molar-refractivity contribution < 1.29 is 14.3 Å². The highest BCUT2D eigenvalue weighted by Crippen LogP contribution is 2.24. The Labute approximate surface area is 168 Å². The second kappa shape index (κ2) is 9.06. The predicted octanol–water partition coefficient (Wildman–Crippen LogP) is 3.72. The van der Waals surface area contributed by atoms with Gasteiger partial charge < -0.3 is 15.8 Å². The molecule has 3 rings (SSSR count). The number of amides is 2. The van der Waals surface area contributed by atoms with Crippen LogP contribution < -0.4 is 15.8 Å². The van der Waals surface area contributed by atoms with E-state index in [0.29, 0.717) is 5.02 Å². The molecule has 3 N–H and O–H groups in total. The Balaban J connectivity index is 1.75. The van der Waals surface area contributed by atoms with Crippen LogP contribution in [0.15, 0.2) is 78.9 Å². The summed E-state index contributed by atoms with van der Waals surface area (Å²) in [5, 5.41) is 3.58. The van der Waals surface area contributed by atoms with Crippen molar-refractivity contribution in [2.75, 3.05) is 6.61 Å². The number of primary amides is 1. The molecule has 28 heavy (non-hydrogen) atoms. The van der Waals surface area contributed by atoms with Gasteiger partial charge in [0.25, 0.3) is 11.8 Å². The van der Waals surface area contributed by atoms with Crippen LogP contribution in [0.5, 0.6) is 5.75 Å². The summed E-state index contributed by atoms with van der Waals surface area (Å²) in [4.78, 5) is 24.0. The van der Waals surface area contributed by atoms with E-state index in [1.807, 2.05) is 42.5 Å². The van der Waals surface area contributed by atoms with Gasteiger partial charge in [0.15, 0.2) is 6.61 Å². The second-order valence-corrected chi connectivity index (χ2v) is 6.55. The maximum atomic E-state index is 12.5. The highest BCUT2D eigenvalue weighted by atomic mass is 35.5. The summed E-state index contributed by atoms with van der Waals surface area (Å²) in [6, 6.07) is 23.1. The fourth-order valence-corrected chi connectivity index (χ4v) is 2.93. The molecule has 0 aliphatic carbocycles. The number of rotatable bonds is 7. The summed E-state index contributed by atoms with van der Waals surface area (Å²) in [7, 11) is 0. The van der Waals surface area contributed by atoms with Gasteiger partial charge in [-0.15, -0.1) is 0 Å². The Hall–Kier alpha value is -3.31. The van der Waals surface area contributed by atoms with Gasteiger partial charge >= 0.3 is 0 Å². The van der Waals surface area contributed by atoms with Gasteiger partial charge in [-0.25, -0.2) is 0 Å². The topological polar surface area (TPSA) is 81.4 Å². The standard InChI is InChI=1S/C22H19ClN2O3/c23-17-12-10-16(11-13-17)21(15-6-2-1-3-7-15)25-20(26)14-28-19-9-5-4-8-18(19)22(24)27/h1-13,21H,14H2,(H2,24,27)(H,25,26)/t21-/m1/s1. The molecule has 0 aliphatic heterocycles. The van der Waals surface area contributed by atoms with Gasteiger partial charge in [-0.3, -0.25) is 9.59 Å². The van der Waals surface area contributed by atoms with E-state index in [4.69, 9.17) is 22.1 Å². The summed E-state index contributed by atoms with van der Waals surface area (Å²) in [5.74, 6) is -0.671. The zero-order valence-electron chi connectivity index (χ0n) is 15.0. The molecule has 0 aliphatic rings. The first-order valence-corrected chi connectivity index (χ1v) is 9.04. The molecule has 142 valence electrons. The van der Waals surface area contributed by atoms with Gasteiger partial charge in [0.2, 0.25) is 0 Å². The number of carbonyl (C=O) groups is 2. The first-order chi connectivity index (χ1) is 13.5. The number of carbonyl (C=O) groups excluding carboxylic acids is 2. The van der Waals surface area contributed by atoms with E-state index in [0.717, 1.165) is 11.1 Å². The van der Waals surface area contributed by atoms with Crippen LogP contribution in [0.3, 0.4) is 0 Å². The minimum Gasteiger partial charge on any atom is -0.483 e. The number of nitrogens with one attached hydrogen (secondary N) is 1. The largest absolute Gasteiger partial charge is 0.483 e. The third kappa shape index (κ3) is 4.90. The van der Waals surface area contributed by atoms with E-state index in [2.05, 4.69) is 5.32 Å². The van der Waals surface area contributed by atoms with Crippen molar-refractivity contribution in [3.8, 4) is 5.75 Å². The minimum atomic E-state index is -0.612. The number of hydrogen-bond acceptors (Lipinski definition) is 3. The smallest absolute Gasteiger partial charge is 0.258 e. The average molecular weight is 395 g/mol. The summed E-state index contributed by atoms with van der Waals surface area (Å²) < 4.78 is 5.52. The van der Waals surface area contributed by atoms with E-state index >= 15 is 0 Å². The Kier molecular flexibility index (Phi) is 6.29. The number of nitrogens with two attached hydrogens (primary N) is 1. The van der Waals surface area contributed by atoms with Crippen LogP contribution in [0.25, 0.3) is 0 Å². The number of halogens is 1. The van der Waals surface area contributed by atoms with Crippen molar-refractivity contribution in [2.24, 2.45) is 5.73 Å². The molecule has 5 nitrogen and oxygen atoms in total. The van der Waals surface area contributed by atoms with Crippen molar-refractivity contribution in [3.63, 3.8) is 0 Å². The quantitative estimate of drug-likeness (QED) is 0.640. The van der Waals surface area contributed by atoms with Crippen LogP contribution >= 0.6 is 11.6 Å². The van der Waals surface area contributed by atoms with Crippen molar-refractivity contribution >= 4 is 23.4 Å². The highest BCUT2D eigenvalue weighted by molar-refractivity contribution is 6.30. The SMILES string of the molecule is NC(=O)c1ccccc1OCC(=O)N[C@H](c1ccccc1)c1ccc(Cl)cc1. The molecule has 0 bridgehead atoms. The average Bonchev–Trinajstić information content (AvgIpc) is 2.72. The molecule has 0 heterocycles. The lowest BCUT2D eigenvalue weighted by molar-refractivity contribution is -0.123. The van der Waals surface area contributed by atoms with Crippen molar-refractivity contribution in [3.05, 3.63) is 101 Å². The molecule has 0 unspecified atom stereocenters. The zero-order valence-corrected chi connectivity index (χ0v) is 15.7. The minimum absolute atomic E-state index is 0.229. The summed E-state index contributed by atoms with van der Waals surface area (Å²) >= 11 is 5.98. The molecule has 2 amide bonds. The van der Waals surface area contributed by atoms with E-state index in [1.54, 1.807) is 36.4 Å². The number of hydrogen-bond donors (Lipinski definition) is 2. The fraction of sp³-hybridized carbons (Fsp3) is 0.0909. The van der Waals surface area contributed by atoms with Crippen LogP contribution in [0, 0.1) is 0 Å². The molecule has 0 fully saturated rings. The molecule has 1 atom stereocenters. The Bertz CT molecular complexity index is 959. The van der Waals surface area contributed by atoms with Crippen LogP contribution in [0.1, 0.15) is 27.5 Å². The van der Waals surface area contributed by atoms with Crippen molar-refractivity contribution in [2.45, 2.75) is 6.04 Å². The third-order valence-corrected chi connectivity index (χ3v) is 4.40. The first-order valence-electron chi connectivity index (χ1n) is 8.66. The number of para-hydroxylation sites is 1. The van der Waals surface area contributed by atoms with E-state index < -0.39 is 5.91 Å². The summed E-state index contributed by atoms with van der Waals surface area (Å²) in [6.07, 6.45) is 0. The summed E-state index contributed by atoms with van der Waals surface area (Å²) in [5.41, 5.74) is 7.38. The van der Waals surface area contributed by atoms with E-state index in [9.17, 15) is 9.59 Å². The fourth-order valence-electron chi connectivity index (χ4n) is 2.80. The van der Waals surface area contributed by atoms with Crippen molar-refractivity contribution in [1.29, 1.82) is 0 Å². The normalized spacial score (nSPS) is 11.5. The molecule has 3 aromatic rings. The molecular weight excluding hydrogens is 376 g/mol. The van der Waals surface area contributed by atoms with Gasteiger partial charge in [-0.1, -0.05) is 66.2 Å². The lowest BCUT2D eigenvalue weighted by Crippen LogP contribution is -2.33. The zero-order chi connectivity index (χ0) is 19.9. The third-order valence-electron chi connectivity index (χ3n) is 4.15. The predicted molar refractivity (Wildman–Crippen MR) is 108 cm³/mol. The second-order valence-electron chi connectivity index (χ2n) is 6.11. The lowest BCUT2D eigenvalue weighted by Gasteiger charge is -2.20. The van der Waals surface area contributed by atoms with Crippen LogP contribution in [-0.4, -0.2) is 18.4 Å². The Morgan fingerprint density at radius 1 is 0.893 bits per heavy atom. The van der Waals surface area contributed by atoms with Gasteiger partial charge in [0.1, 0.15) is 5.75 Å². The van der Waals surface area contributed by atoms with Crippen molar-refractivity contribution in [1.82, 2.24) is 5.32 Å². The Morgan fingerprint density at radius 2 is 1.50 bits per heavy atom. The molecule has 0 saturated heterocycles. The highest BCUT2D eigenvalue weighted by Gasteiger charge is 2.18. The monoisotopic (exact) mass is 394 g/mol. The molecule has 3 aromatic carbocycles. The summed E-state index contributed by atoms with van der Waals surface area (Å²) in [6.45, 7) is -0.249. The van der Waals surface area contributed by atoms with Gasteiger partial charge in [0.05, 0.1) is 11.6 Å². The maximum Gasteiger partial charge on any atom is 0.258 e. The van der Waals surface area contributed by atoms with Gasteiger partial charge in [0, 0.05) is 5.02 Å². The molecule has 0 radical (unpaired) electrons. The van der Waals surface area contributed by atoms with Crippen LogP contribution in [-0.2, 0) is 4.79 Å². The van der Waals surface area contributed by atoms with Crippen LogP contribution in [0.4, 0.5) is 0 Å². The molecule has 0 saturated carbocycles.